The van der Waals surface area contributed by atoms with E-state index in [1.165, 1.54) is 0 Å². The van der Waals surface area contributed by atoms with Crippen LogP contribution < -0.4 is 5.32 Å². The van der Waals surface area contributed by atoms with Crippen LogP contribution in [-0.2, 0) is 33.9 Å². The molecular formula is C26H30N4O4. The minimum Gasteiger partial charge on any atom is -0.480 e. The van der Waals surface area contributed by atoms with E-state index in [2.05, 4.69) is 11.4 Å². The van der Waals surface area contributed by atoms with Crippen LogP contribution in [0.5, 0.6) is 0 Å². The summed E-state index contributed by atoms with van der Waals surface area (Å²) in [6.45, 7) is 0.927. The Bertz CT molecular complexity index is 1190. The third-order valence-corrected chi connectivity index (χ3v) is 7.78. The summed E-state index contributed by atoms with van der Waals surface area (Å²) < 4.78 is 1.87. The number of nitrogens with zero attached hydrogens (tertiary/aromatic N) is 3. The molecule has 2 N–H and O–H groups in total. The number of rotatable bonds is 6. The van der Waals surface area contributed by atoms with Crippen molar-refractivity contribution >= 4 is 28.7 Å². The number of amides is 2. The summed E-state index contributed by atoms with van der Waals surface area (Å²) in [7, 11) is 0. The molecule has 34 heavy (non-hydrogen) atoms. The van der Waals surface area contributed by atoms with Gasteiger partial charge in [-0.15, -0.1) is 0 Å². The van der Waals surface area contributed by atoms with E-state index in [0.717, 1.165) is 47.8 Å². The molecule has 1 aliphatic heterocycles. The molecule has 0 bridgehead atoms. The van der Waals surface area contributed by atoms with E-state index in [1.54, 1.807) is 0 Å². The van der Waals surface area contributed by atoms with Crippen LogP contribution in [0.3, 0.4) is 0 Å². The van der Waals surface area contributed by atoms with E-state index in [0.29, 0.717) is 32.4 Å². The number of carboxylic acid groups (broad SMARTS) is 1. The predicted molar refractivity (Wildman–Crippen MR) is 124 cm³/mol. The largest absolute Gasteiger partial charge is 0.480 e. The van der Waals surface area contributed by atoms with Gasteiger partial charge in [0, 0.05) is 54.0 Å². The summed E-state index contributed by atoms with van der Waals surface area (Å²) in [5, 5.41) is 22.6. The smallest absolute Gasteiger partial charge is 0.323 e. The molecule has 2 aromatic rings. The molecule has 8 heteroatoms. The molecule has 2 heterocycles. The van der Waals surface area contributed by atoms with Gasteiger partial charge in [0.1, 0.15) is 12.1 Å². The van der Waals surface area contributed by atoms with E-state index in [4.69, 9.17) is 0 Å². The summed E-state index contributed by atoms with van der Waals surface area (Å²) in [5.74, 6) is -1.10. The van der Waals surface area contributed by atoms with Gasteiger partial charge in [-0.2, -0.15) is 5.26 Å². The zero-order chi connectivity index (χ0) is 23.9. The quantitative estimate of drug-likeness (QED) is 0.685. The number of carboxylic acids is 1. The Labute approximate surface area is 198 Å². The summed E-state index contributed by atoms with van der Waals surface area (Å²) >= 11 is 0. The molecule has 1 aromatic heterocycles. The van der Waals surface area contributed by atoms with Crippen molar-refractivity contribution in [3.8, 4) is 6.07 Å². The SMILES string of the molecule is N#CC1(NC(=O)C[C@H]2CCCC[C@H]2C(=O)N2CCc3c(c4ccccc4n3CC(=O)O)C2)CC1. The van der Waals surface area contributed by atoms with Crippen molar-refractivity contribution in [1.29, 1.82) is 5.26 Å². The zero-order valence-corrected chi connectivity index (χ0v) is 19.3. The molecule has 178 valence electrons. The number of aliphatic carboxylic acids is 1. The van der Waals surface area contributed by atoms with E-state index in [9.17, 15) is 24.8 Å². The van der Waals surface area contributed by atoms with Gasteiger partial charge in [0.15, 0.2) is 0 Å². The van der Waals surface area contributed by atoms with Crippen molar-refractivity contribution in [3.05, 3.63) is 35.5 Å². The molecule has 3 aliphatic rings. The first-order valence-electron chi connectivity index (χ1n) is 12.2. The second-order valence-electron chi connectivity index (χ2n) is 10.0. The van der Waals surface area contributed by atoms with Crippen molar-refractivity contribution in [3.63, 3.8) is 0 Å². The molecule has 0 saturated heterocycles. The number of nitriles is 1. The van der Waals surface area contributed by atoms with Gasteiger partial charge in [-0.3, -0.25) is 14.4 Å². The first-order chi connectivity index (χ1) is 16.4. The number of carbonyl (C=O) groups excluding carboxylic acids is 2. The average molecular weight is 463 g/mol. The Morgan fingerprint density at radius 1 is 1.18 bits per heavy atom. The molecule has 2 fully saturated rings. The summed E-state index contributed by atoms with van der Waals surface area (Å²) in [6, 6.07) is 9.98. The lowest BCUT2D eigenvalue weighted by molar-refractivity contribution is -0.141. The zero-order valence-electron chi connectivity index (χ0n) is 19.3. The number of fused-ring (bicyclic) bond motifs is 3. The van der Waals surface area contributed by atoms with E-state index in [-0.39, 0.29) is 36.6 Å². The molecule has 0 spiro atoms. The van der Waals surface area contributed by atoms with Crippen LogP contribution in [0, 0.1) is 23.2 Å². The number of aromatic nitrogens is 1. The Morgan fingerprint density at radius 3 is 2.68 bits per heavy atom. The Kier molecular flexibility index (Phi) is 5.80. The van der Waals surface area contributed by atoms with Crippen LogP contribution in [-0.4, -0.2) is 44.4 Å². The third-order valence-electron chi connectivity index (χ3n) is 7.78. The number of hydrogen-bond donors (Lipinski definition) is 2. The highest BCUT2D eigenvalue weighted by Gasteiger charge is 2.45. The molecule has 2 saturated carbocycles. The average Bonchev–Trinajstić information content (AvgIpc) is 3.55. The maximum Gasteiger partial charge on any atom is 0.323 e. The lowest BCUT2D eigenvalue weighted by atomic mass is 9.76. The first-order valence-corrected chi connectivity index (χ1v) is 12.2. The maximum atomic E-state index is 13.7. The molecule has 0 radical (unpaired) electrons. The van der Waals surface area contributed by atoms with Crippen LogP contribution in [0.15, 0.2) is 24.3 Å². The normalized spacial score (nSPS) is 23.1. The number of hydrogen-bond acceptors (Lipinski definition) is 4. The number of benzene rings is 1. The monoisotopic (exact) mass is 462 g/mol. The molecule has 1 aromatic carbocycles. The van der Waals surface area contributed by atoms with Gasteiger partial charge in [-0.1, -0.05) is 31.0 Å². The highest BCUT2D eigenvalue weighted by molar-refractivity contribution is 5.88. The van der Waals surface area contributed by atoms with Crippen molar-refractivity contribution < 1.29 is 19.5 Å². The highest BCUT2D eigenvalue weighted by Crippen LogP contribution is 2.38. The fourth-order valence-electron chi connectivity index (χ4n) is 5.86. The van der Waals surface area contributed by atoms with Gasteiger partial charge in [0.2, 0.25) is 11.8 Å². The van der Waals surface area contributed by atoms with E-state index < -0.39 is 11.5 Å². The first kappa shape index (κ1) is 22.5. The maximum absolute atomic E-state index is 13.7. The highest BCUT2D eigenvalue weighted by atomic mass is 16.4. The second kappa shape index (κ2) is 8.79. The number of nitrogens with one attached hydrogen (secondary N) is 1. The molecule has 5 rings (SSSR count). The molecule has 8 nitrogen and oxygen atoms in total. The fourth-order valence-corrected chi connectivity index (χ4v) is 5.86. The lowest BCUT2D eigenvalue weighted by Crippen LogP contribution is -2.44. The van der Waals surface area contributed by atoms with Crippen molar-refractivity contribution in [2.75, 3.05) is 6.54 Å². The van der Waals surface area contributed by atoms with Gasteiger partial charge < -0.3 is 19.9 Å². The van der Waals surface area contributed by atoms with Gasteiger partial charge >= 0.3 is 5.97 Å². The van der Waals surface area contributed by atoms with Crippen molar-refractivity contribution in [1.82, 2.24) is 14.8 Å². The Hall–Kier alpha value is -3.34. The van der Waals surface area contributed by atoms with Gasteiger partial charge in [0.05, 0.1) is 6.07 Å². The molecule has 2 amide bonds. The number of para-hydroxylation sites is 1. The van der Waals surface area contributed by atoms with Crippen LogP contribution in [0.2, 0.25) is 0 Å². The van der Waals surface area contributed by atoms with E-state index >= 15 is 0 Å². The molecule has 0 unspecified atom stereocenters. The standard InChI is InChI=1S/C26H30N4O4/c27-16-26(10-11-26)28-23(31)13-17-5-1-2-6-18(17)25(34)29-12-9-22-20(14-29)19-7-3-4-8-21(19)30(22)15-24(32)33/h3-4,7-8,17-18H,1-2,5-6,9-15H2,(H,28,31)(H,32,33)/t17-,18-/m1/s1. The second-order valence-corrected chi connectivity index (χ2v) is 10.0. The molecule has 2 aliphatic carbocycles. The minimum atomic E-state index is -0.880. The van der Waals surface area contributed by atoms with Gasteiger partial charge in [0.25, 0.3) is 0 Å². The van der Waals surface area contributed by atoms with Crippen LogP contribution in [0.1, 0.15) is 56.2 Å². The van der Waals surface area contributed by atoms with E-state index in [1.807, 2.05) is 33.7 Å². The van der Waals surface area contributed by atoms with Gasteiger partial charge in [-0.05, 0) is 37.7 Å². The molecular weight excluding hydrogens is 432 g/mol. The van der Waals surface area contributed by atoms with Gasteiger partial charge in [-0.25, -0.2) is 0 Å². The topological polar surface area (TPSA) is 115 Å². The fraction of sp³-hybridized carbons (Fsp3) is 0.538. The molecule has 2 atom stereocenters. The van der Waals surface area contributed by atoms with Crippen LogP contribution >= 0.6 is 0 Å². The van der Waals surface area contributed by atoms with Crippen molar-refractivity contribution in [2.45, 2.75) is 70.0 Å². The lowest BCUT2D eigenvalue weighted by Gasteiger charge is -2.36. The Balaban J connectivity index is 1.34. The summed E-state index contributed by atoms with van der Waals surface area (Å²) in [6.07, 6.45) is 5.93. The Morgan fingerprint density at radius 2 is 1.94 bits per heavy atom. The van der Waals surface area contributed by atoms with Crippen molar-refractivity contribution in [2.24, 2.45) is 11.8 Å². The minimum absolute atomic E-state index is 0.00880. The predicted octanol–water partition coefficient (Wildman–Crippen LogP) is 2.98. The van der Waals surface area contributed by atoms with Crippen LogP contribution in [0.25, 0.3) is 10.9 Å². The summed E-state index contributed by atoms with van der Waals surface area (Å²) in [4.78, 5) is 39.7. The summed E-state index contributed by atoms with van der Waals surface area (Å²) in [5.41, 5.74) is 2.24. The number of carbonyl (C=O) groups is 3. The third kappa shape index (κ3) is 4.15. The van der Waals surface area contributed by atoms with Crippen LogP contribution in [0.4, 0.5) is 0 Å².